The van der Waals surface area contributed by atoms with Crippen LogP contribution in [0, 0.1) is 0 Å². The minimum Gasteiger partial charge on any atom is -0.363 e. The summed E-state index contributed by atoms with van der Waals surface area (Å²) in [6.45, 7) is 1.56. The molecule has 0 bridgehead atoms. The summed E-state index contributed by atoms with van der Waals surface area (Å²) in [5, 5.41) is 19.3. The lowest BCUT2D eigenvalue weighted by Crippen LogP contribution is -2.34. The highest BCUT2D eigenvalue weighted by Crippen LogP contribution is 2.29. The van der Waals surface area contributed by atoms with E-state index in [0.717, 1.165) is 9.57 Å². The first-order valence-electron chi connectivity index (χ1n) is 6.19. The second kappa shape index (κ2) is 5.22. The van der Waals surface area contributed by atoms with E-state index in [9.17, 15) is 13.2 Å². The molecule has 0 aliphatic carbocycles. The Morgan fingerprint density at radius 3 is 2.67 bits per heavy atom. The molecule has 0 unspecified atom stereocenters. The molecule has 0 radical (unpaired) electrons. The number of fused-ring (bicyclic) bond motifs is 1. The van der Waals surface area contributed by atoms with E-state index in [1.807, 2.05) is 4.90 Å². The van der Waals surface area contributed by atoms with Gasteiger partial charge in [0.15, 0.2) is 0 Å². The van der Waals surface area contributed by atoms with Gasteiger partial charge in [0.2, 0.25) is 11.0 Å². The first-order chi connectivity index (χ1) is 9.97. The number of hydrogen-bond donors (Lipinski definition) is 1. The Balaban J connectivity index is 1.72. The van der Waals surface area contributed by atoms with Crippen LogP contribution in [0.15, 0.2) is 0 Å². The average Bonchev–Trinajstić information content (AvgIpc) is 3.03. The van der Waals surface area contributed by atoms with Gasteiger partial charge in [-0.05, 0) is 0 Å². The fourth-order valence-corrected chi connectivity index (χ4v) is 2.90. The summed E-state index contributed by atoms with van der Waals surface area (Å²) in [5.74, 6) is -0.600. The Morgan fingerprint density at radius 2 is 2.00 bits per heavy atom. The van der Waals surface area contributed by atoms with Crippen LogP contribution in [-0.4, -0.2) is 43.5 Å². The maximum Gasteiger partial charge on any atom is 0.451 e. The number of anilines is 1. The average molecular weight is 319 g/mol. The van der Waals surface area contributed by atoms with Crippen LogP contribution in [0.1, 0.15) is 16.7 Å². The molecule has 3 rings (SSSR count). The van der Waals surface area contributed by atoms with Gasteiger partial charge in [0.1, 0.15) is 10.8 Å². The molecule has 1 N–H and O–H groups in total. The largest absolute Gasteiger partial charge is 0.451 e. The number of halogens is 3. The number of rotatable bonds is 3. The molecule has 0 spiro atoms. The number of nitrogens with one attached hydrogen (secondary N) is 1. The van der Waals surface area contributed by atoms with Crippen LogP contribution in [0.25, 0.3) is 0 Å². The minimum absolute atomic E-state index is 0.217. The zero-order chi connectivity index (χ0) is 15.0. The lowest BCUT2D eigenvalue weighted by Gasteiger charge is -2.26. The van der Waals surface area contributed by atoms with Crippen LogP contribution in [0.5, 0.6) is 0 Å². The fourth-order valence-electron chi connectivity index (χ4n) is 2.16. The van der Waals surface area contributed by atoms with Gasteiger partial charge in [0, 0.05) is 20.1 Å². The molecule has 0 amide bonds. The van der Waals surface area contributed by atoms with Crippen LogP contribution >= 0.6 is 11.3 Å². The normalized spacial score (nSPS) is 16.0. The van der Waals surface area contributed by atoms with Gasteiger partial charge in [-0.1, -0.05) is 11.3 Å². The summed E-state index contributed by atoms with van der Waals surface area (Å²) in [6.07, 6.45) is -4.46. The minimum atomic E-state index is -4.46. The van der Waals surface area contributed by atoms with E-state index in [1.165, 1.54) is 11.3 Å². The lowest BCUT2D eigenvalue weighted by atomic mass is 10.3. The van der Waals surface area contributed by atoms with Crippen LogP contribution in [0.4, 0.5) is 18.3 Å². The molecule has 0 fully saturated rings. The highest BCUT2D eigenvalue weighted by atomic mass is 32.1. The fraction of sp³-hybridized carbons (Fsp3) is 0.600. The van der Waals surface area contributed by atoms with Crippen LogP contribution < -0.4 is 5.32 Å². The van der Waals surface area contributed by atoms with Crippen molar-refractivity contribution in [3.63, 3.8) is 0 Å². The molecule has 1 aliphatic rings. The predicted octanol–water partition coefficient (Wildman–Crippen LogP) is 1.21. The van der Waals surface area contributed by atoms with E-state index in [4.69, 9.17) is 0 Å². The number of nitrogens with zero attached hydrogens (tertiary/aromatic N) is 6. The smallest absolute Gasteiger partial charge is 0.363 e. The highest BCUT2D eigenvalue weighted by Gasteiger charge is 2.39. The summed E-state index contributed by atoms with van der Waals surface area (Å²) in [5.41, 5.74) is 0. The van der Waals surface area contributed by atoms with Crippen LogP contribution in [-0.2, 0) is 25.8 Å². The van der Waals surface area contributed by atoms with Crippen molar-refractivity contribution < 1.29 is 13.2 Å². The van der Waals surface area contributed by atoms with E-state index in [1.54, 1.807) is 7.05 Å². The standard InChI is InChI=1S/C10H12F3N7S/c1-14-9-18-16-7(21-9)5-19-2-3-20-6(4-19)15-17-8(20)10(11,12)13/h2-5H2,1H3,(H,14,18). The van der Waals surface area contributed by atoms with Gasteiger partial charge < -0.3 is 9.88 Å². The second-order valence-corrected chi connectivity index (χ2v) is 5.61. The maximum atomic E-state index is 12.7. The number of hydrogen-bond acceptors (Lipinski definition) is 7. The molecule has 21 heavy (non-hydrogen) atoms. The lowest BCUT2D eigenvalue weighted by molar-refractivity contribution is -0.148. The molecular formula is C10H12F3N7S. The zero-order valence-corrected chi connectivity index (χ0v) is 11.9. The Labute approximate surface area is 121 Å². The van der Waals surface area contributed by atoms with E-state index in [0.29, 0.717) is 30.6 Å². The first kappa shape index (κ1) is 14.2. The monoisotopic (exact) mass is 319 g/mol. The molecule has 114 valence electrons. The van der Waals surface area contributed by atoms with Gasteiger partial charge >= 0.3 is 6.18 Å². The van der Waals surface area contributed by atoms with Crippen molar-refractivity contribution in [2.75, 3.05) is 18.9 Å². The molecule has 7 nitrogen and oxygen atoms in total. The SMILES string of the molecule is CNc1nnc(CN2CCn3c(nnc3C(F)(F)F)C2)s1. The summed E-state index contributed by atoms with van der Waals surface area (Å²) < 4.78 is 39.3. The van der Waals surface area contributed by atoms with Gasteiger partial charge in [0.25, 0.3) is 0 Å². The Bertz CT molecular complexity index is 635. The van der Waals surface area contributed by atoms with E-state index < -0.39 is 12.0 Å². The third kappa shape index (κ3) is 2.83. The van der Waals surface area contributed by atoms with Crippen molar-refractivity contribution in [1.29, 1.82) is 0 Å². The topological polar surface area (TPSA) is 71.8 Å². The number of alkyl halides is 3. The third-order valence-electron chi connectivity index (χ3n) is 3.13. The van der Waals surface area contributed by atoms with Crippen LogP contribution in [0.3, 0.4) is 0 Å². The highest BCUT2D eigenvalue weighted by molar-refractivity contribution is 7.15. The summed E-state index contributed by atoms with van der Waals surface area (Å²) >= 11 is 1.42. The molecule has 3 heterocycles. The Morgan fingerprint density at radius 1 is 1.19 bits per heavy atom. The summed E-state index contributed by atoms with van der Waals surface area (Å²) in [7, 11) is 1.76. The molecule has 2 aromatic heterocycles. The third-order valence-corrected chi connectivity index (χ3v) is 4.05. The second-order valence-electron chi connectivity index (χ2n) is 4.55. The molecule has 11 heteroatoms. The molecule has 0 atom stereocenters. The van der Waals surface area contributed by atoms with Gasteiger partial charge in [-0.25, -0.2) is 0 Å². The van der Waals surface area contributed by atoms with Gasteiger partial charge in [0.05, 0.1) is 13.1 Å². The molecule has 1 aliphatic heterocycles. The molecular weight excluding hydrogens is 307 g/mol. The van der Waals surface area contributed by atoms with Crippen molar-refractivity contribution in [3.8, 4) is 0 Å². The Kier molecular flexibility index (Phi) is 3.53. The molecule has 2 aromatic rings. The van der Waals surface area contributed by atoms with E-state index in [2.05, 4.69) is 25.7 Å². The predicted molar refractivity (Wildman–Crippen MR) is 68.6 cm³/mol. The van der Waals surface area contributed by atoms with Crippen molar-refractivity contribution in [2.24, 2.45) is 0 Å². The number of aromatic nitrogens is 5. The van der Waals surface area contributed by atoms with Gasteiger partial charge in [-0.2, -0.15) is 13.2 Å². The molecule has 0 saturated heterocycles. The Hall–Kier alpha value is -1.75. The van der Waals surface area contributed by atoms with Crippen molar-refractivity contribution >= 4 is 16.5 Å². The molecule has 0 saturated carbocycles. The molecule has 0 aromatic carbocycles. The quantitative estimate of drug-likeness (QED) is 0.917. The first-order valence-corrected chi connectivity index (χ1v) is 7.01. The van der Waals surface area contributed by atoms with E-state index >= 15 is 0 Å². The summed E-state index contributed by atoms with van der Waals surface area (Å²) in [6, 6.07) is 0. The summed E-state index contributed by atoms with van der Waals surface area (Å²) in [4.78, 5) is 1.98. The van der Waals surface area contributed by atoms with Crippen LogP contribution in [0.2, 0.25) is 0 Å². The van der Waals surface area contributed by atoms with E-state index in [-0.39, 0.29) is 6.54 Å². The van der Waals surface area contributed by atoms with Crippen molar-refractivity contribution in [3.05, 3.63) is 16.7 Å². The van der Waals surface area contributed by atoms with Crippen molar-refractivity contribution in [2.45, 2.75) is 25.8 Å². The maximum absolute atomic E-state index is 12.7. The zero-order valence-electron chi connectivity index (χ0n) is 11.1. The van der Waals surface area contributed by atoms with Gasteiger partial charge in [-0.15, -0.1) is 20.4 Å². The van der Waals surface area contributed by atoms with Gasteiger partial charge in [-0.3, -0.25) is 4.90 Å². The van der Waals surface area contributed by atoms with Crippen molar-refractivity contribution in [1.82, 2.24) is 29.9 Å².